The molecule has 1 amide bonds. The van der Waals surface area contributed by atoms with Gasteiger partial charge >= 0.3 is 0 Å². The third-order valence-corrected chi connectivity index (χ3v) is 3.96. The second-order valence-corrected chi connectivity index (χ2v) is 6.22. The molecule has 0 saturated carbocycles. The van der Waals surface area contributed by atoms with Crippen LogP contribution in [0.2, 0.25) is 0 Å². The van der Waals surface area contributed by atoms with Crippen molar-refractivity contribution in [2.75, 3.05) is 0 Å². The molecule has 1 unspecified atom stereocenters. The van der Waals surface area contributed by atoms with Crippen molar-refractivity contribution in [1.29, 1.82) is 0 Å². The number of hydrogen-bond donors (Lipinski definition) is 2. The first-order valence-corrected chi connectivity index (χ1v) is 8.38. The van der Waals surface area contributed by atoms with Crippen LogP contribution in [0.15, 0.2) is 59.7 Å². The second-order valence-electron chi connectivity index (χ2n) is 6.22. The Labute approximate surface area is 151 Å². The van der Waals surface area contributed by atoms with Gasteiger partial charge in [-0.1, -0.05) is 29.8 Å². The number of amides is 1. The fraction of sp³-hybridized carbons (Fsp3) is 0.200. The number of aryl methyl sites for hydroxylation is 1. The quantitative estimate of drug-likeness (QED) is 0.742. The molecule has 2 N–H and O–H groups in total. The van der Waals surface area contributed by atoms with Gasteiger partial charge in [-0.05, 0) is 31.5 Å². The Morgan fingerprint density at radius 1 is 1.23 bits per heavy atom. The van der Waals surface area contributed by atoms with Crippen LogP contribution in [0.4, 0.5) is 0 Å². The third kappa shape index (κ3) is 4.42. The van der Waals surface area contributed by atoms with E-state index >= 15 is 0 Å². The average molecular weight is 348 g/mol. The maximum absolute atomic E-state index is 12.3. The zero-order chi connectivity index (χ0) is 18.5. The molecule has 0 fully saturated rings. The van der Waals surface area contributed by atoms with Gasteiger partial charge < -0.3 is 10.3 Å². The van der Waals surface area contributed by atoms with Crippen molar-refractivity contribution in [3.05, 3.63) is 82.0 Å². The zero-order valence-electron chi connectivity index (χ0n) is 14.7. The molecule has 2 aromatic heterocycles. The molecule has 0 aliphatic carbocycles. The summed E-state index contributed by atoms with van der Waals surface area (Å²) in [6.45, 7) is 3.80. The van der Waals surface area contributed by atoms with Gasteiger partial charge in [0.15, 0.2) is 0 Å². The van der Waals surface area contributed by atoms with Gasteiger partial charge in [0.1, 0.15) is 5.82 Å². The van der Waals surface area contributed by atoms with Gasteiger partial charge in [0, 0.05) is 24.0 Å². The Morgan fingerprint density at radius 3 is 2.81 bits per heavy atom. The van der Waals surface area contributed by atoms with E-state index in [1.54, 1.807) is 18.5 Å². The van der Waals surface area contributed by atoms with Crippen LogP contribution in [0.3, 0.4) is 0 Å². The van der Waals surface area contributed by atoms with E-state index in [0.717, 1.165) is 11.1 Å². The lowest BCUT2D eigenvalue weighted by Gasteiger charge is -2.14. The standard InChI is InChI=1S/C20H20N4O2/c1-13-5-3-6-15(9-13)10-18(25)22-14(2)17-11-19(26)24-20(23-17)16-7-4-8-21-12-16/h3-9,11-12,14H,10H2,1-2H3,(H,22,25)(H,23,24,26). The highest BCUT2D eigenvalue weighted by molar-refractivity contribution is 5.79. The number of rotatable bonds is 5. The molecule has 2 heterocycles. The van der Waals surface area contributed by atoms with E-state index in [1.165, 1.54) is 6.07 Å². The van der Waals surface area contributed by atoms with Crippen LogP contribution in [0.25, 0.3) is 11.4 Å². The molecule has 0 spiro atoms. The summed E-state index contributed by atoms with van der Waals surface area (Å²) in [6, 6.07) is 12.4. The molecule has 0 bridgehead atoms. The van der Waals surface area contributed by atoms with E-state index < -0.39 is 0 Å². The Hall–Kier alpha value is -3.28. The van der Waals surface area contributed by atoms with Crippen molar-refractivity contribution in [3.63, 3.8) is 0 Å². The number of nitrogens with zero attached hydrogens (tertiary/aromatic N) is 2. The van der Waals surface area contributed by atoms with E-state index in [1.807, 2.05) is 44.2 Å². The SMILES string of the molecule is Cc1cccc(CC(=O)NC(C)c2cc(=O)[nH]c(-c3cccnc3)n2)c1. The maximum Gasteiger partial charge on any atom is 0.251 e. The number of aromatic nitrogens is 3. The fourth-order valence-corrected chi connectivity index (χ4v) is 2.71. The molecular weight excluding hydrogens is 328 g/mol. The predicted octanol–water partition coefficient (Wildman–Crippen LogP) is 2.56. The van der Waals surface area contributed by atoms with E-state index in [2.05, 4.69) is 20.3 Å². The van der Waals surface area contributed by atoms with Crippen LogP contribution in [-0.2, 0) is 11.2 Å². The molecule has 0 saturated heterocycles. The van der Waals surface area contributed by atoms with Crippen LogP contribution < -0.4 is 10.9 Å². The van der Waals surface area contributed by atoms with E-state index in [0.29, 0.717) is 17.1 Å². The molecule has 0 aliphatic rings. The summed E-state index contributed by atoms with van der Waals surface area (Å²) in [4.78, 5) is 35.5. The number of carbonyl (C=O) groups excluding carboxylic acids is 1. The maximum atomic E-state index is 12.3. The minimum Gasteiger partial charge on any atom is -0.348 e. The first-order chi connectivity index (χ1) is 12.5. The monoisotopic (exact) mass is 348 g/mol. The van der Waals surface area contributed by atoms with Gasteiger partial charge in [0.2, 0.25) is 5.91 Å². The molecule has 6 nitrogen and oxygen atoms in total. The Bertz CT molecular complexity index is 967. The highest BCUT2D eigenvalue weighted by atomic mass is 16.1. The molecule has 6 heteroatoms. The lowest BCUT2D eigenvalue weighted by molar-refractivity contribution is -0.121. The molecule has 0 radical (unpaired) electrons. The van der Waals surface area contributed by atoms with Crippen molar-refractivity contribution >= 4 is 5.91 Å². The van der Waals surface area contributed by atoms with Crippen molar-refractivity contribution in [2.24, 2.45) is 0 Å². The Kier molecular flexibility index (Phi) is 5.22. The topological polar surface area (TPSA) is 87.7 Å². The summed E-state index contributed by atoms with van der Waals surface area (Å²) in [5, 5.41) is 2.90. The Morgan fingerprint density at radius 2 is 2.08 bits per heavy atom. The summed E-state index contributed by atoms with van der Waals surface area (Å²) in [5.41, 5.74) is 3.01. The number of H-pyrrole nitrogens is 1. The van der Waals surface area contributed by atoms with Gasteiger partial charge in [-0.3, -0.25) is 14.6 Å². The minimum atomic E-state index is -0.384. The number of benzene rings is 1. The lowest BCUT2D eigenvalue weighted by atomic mass is 10.1. The average Bonchev–Trinajstić information content (AvgIpc) is 2.62. The smallest absolute Gasteiger partial charge is 0.251 e. The summed E-state index contributed by atoms with van der Waals surface area (Å²) in [5.74, 6) is 0.313. The minimum absolute atomic E-state index is 0.117. The van der Waals surface area contributed by atoms with E-state index in [4.69, 9.17) is 0 Å². The van der Waals surface area contributed by atoms with Gasteiger partial charge in [0.05, 0.1) is 18.2 Å². The number of aromatic amines is 1. The first-order valence-electron chi connectivity index (χ1n) is 8.38. The van der Waals surface area contributed by atoms with Crippen LogP contribution in [0, 0.1) is 6.92 Å². The normalized spacial score (nSPS) is 11.8. The summed E-state index contributed by atoms with van der Waals surface area (Å²) < 4.78 is 0. The zero-order valence-corrected chi connectivity index (χ0v) is 14.7. The number of carbonyl (C=O) groups is 1. The molecular formula is C20H20N4O2. The van der Waals surface area contributed by atoms with Crippen LogP contribution in [-0.4, -0.2) is 20.9 Å². The molecule has 0 aliphatic heterocycles. The highest BCUT2D eigenvalue weighted by Crippen LogP contribution is 2.15. The van der Waals surface area contributed by atoms with Crippen molar-refractivity contribution in [3.8, 4) is 11.4 Å². The molecule has 26 heavy (non-hydrogen) atoms. The van der Waals surface area contributed by atoms with Crippen molar-refractivity contribution in [1.82, 2.24) is 20.3 Å². The van der Waals surface area contributed by atoms with Gasteiger partial charge in [-0.2, -0.15) is 0 Å². The molecule has 1 aromatic carbocycles. The van der Waals surface area contributed by atoms with Crippen molar-refractivity contribution in [2.45, 2.75) is 26.3 Å². The summed E-state index contributed by atoms with van der Waals surface area (Å²) >= 11 is 0. The van der Waals surface area contributed by atoms with Crippen LogP contribution >= 0.6 is 0 Å². The number of pyridine rings is 1. The highest BCUT2D eigenvalue weighted by Gasteiger charge is 2.14. The third-order valence-electron chi connectivity index (χ3n) is 3.96. The molecule has 3 aromatic rings. The van der Waals surface area contributed by atoms with Gasteiger partial charge in [-0.15, -0.1) is 0 Å². The summed E-state index contributed by atoms with van der Waals surface area (Å²) in [7, 11) is 0. The Balaban J connectivity index is 1.75. The van der Waals surface area contributed by atoms with E-state index in [9.17, 15) is 9.59 Å². The first kappa shape index (κ1) is 17.5. The van der Waals surface area contributed by atoms with Crippen LogP contribution in [0.1, 0.15) is 29.8 Å². The lowest BCUT2D eigenvalue weighted by Crippen LogP contribution is -2.29. The number of nitrogens with one attached hydrogen (secondary N) is 2. The van der Waals surface area contributed by atoms with Crippen LogP contribution in [0.5, 0.6) is 0 Å². The van der Waals surface area contributed by atoms with E-state index in [-0.39, 0.29) is 23.9 Å². The fourth-order valence-electron chi connectivity index (χ4n) is 2.71. The van der Waals surface area contributed by atoms with Crippen molar-refractivity contribution < 1.29 is 4.79 Å². The molecule has 1 atom stereocenters. The van der Waals surface area contributed by atoms with Gasteiger partial charge in [0.25, 0.3) is 5.56 Å². The molecule has 3 rings (SSSR count). The second kappa shape index (κ2) is 7.74. The number of hydrogen-bond acceptors (Lipinski definition) is 4. The molecule has 132 valence electrons. The van der Waals surface area contributed by atoms with Gasteiger partial charge in [-0.25, -0.2) is 4.98 Å². The predicted molar refractivity (Wildman–Crippen MR) is 99.5 cm³/mol. The summed E-state index contributed by atoms with van der Waals surface area (Å²) in [6.07, 6.45) is 3.56. The largest absolute Gasteiger partial charge is 0.348 e.